The maximum absolute atomic E-state index is 12.6. The first kappa shape index (κ1) is 21.6. The van der Waals surface area contributed by atoms with Crippen molar-refractivity contribution in [1.82, 2.24) is 10.6 Å². The molecule has 0 saturated carbocycles. The Bertz CT molecular complexity index is 729. The summed E-state index contributed by atoms with van der Waals surface area (Å²) in [5.74, 6) is -0.342. The van der Waals surface area contributed by atoms with Crippen LogP contribution in [-0.2, 0) is 16.0 Å². The maximum Gasteiger partial charge on any atom is 0.242 e. The Hall–Kier alpha value is -2.66. The van der Waals surface area contributed by atoms with Crippen molar-refractivity contribution in [3.63, 3.8) is 0 Å². The lowest BCUT2D eigenvalue weighted by Crippen LogP contribution is -2.48. The molecule has 2 aromatic carbocycles. The van der Waals surface area contributed by atoms with Crippen molar-refractivity contribution in [2.45, 2.75) is 45.1 Å². The Morgan fingerprint density at radius 2 is 1.64 bits per heavy atom. The molecule has 0 radical (unpaired) electrons. The number of benzene rings is 2. The fourth-order valence-electron chi connectivity index (χ4n) is 3.02. The molecule has 0 saturated heterocycles. The Morgan fingerprint density at radius 3 is 2.29 bits per heavy atom. The summed E-state index contributed by atoms with van der Waals surface area (Å²) in [5, 5.41) is 5.76. The molecule has 0 unspecified atom stereocenters. The Balaban J connectivity index is 2.03. The molecule has 0 spiro atoms. The average molecular weight is 382 g/mol. The molecule has 0 aliphatic carbocycles. The van der Waals surface area contributed by atoms with Gasteiger partial charge in [0.2, 0.25) is 11.8 Å². The molecule has 0 aromatic heterocycles. The molecule has 0 aliphatic heterocycles. The van der Waals surface area contributed by atoms with Crippen LogP contribution in [-0.4, -0.2) is 30.9 Å². The molecule has 5 heteroatoms. The quantitative estimate of drug-likeness (QED) is 0.523. The van der Waals surface area contributed by atoms with Gasteiger partial charge in [0, 0.05) is 25.9 Å². The van der Waals surface area contributed by atoms with Gasteiger partial charge in [-0.1, -0.05) is 74.4 Å². The van der Waals surface area contributed by atoms with E-state index in [4.69, 9.17) is 5.73 Å². The summed E-state index contributed by atoms with van der Waals surface area (Å²) in [7, 11) is 0. The minimum absolute atomic E-state index is 0.145. The third-order valence-corrected chi connectivity index (χ3v) is 4.60. The molecular weight excluding hydrogens is 350 g/mol. The summed E-state index contributed by atoms with van der Waals surface area (Å²) in [6, 6.07) is 17.6. The van der Waals surface area contributed by atoms with Gasteiger partial charge < -0.3 is 16.4 Å². The number of nitrogens with one attached hydrogen (secondary N) is 2. The van der Waals surface area contributed by atoms with E-state index in [0.717, 1.165) is 36.0 Å². The van der Waals surface area contributed by atoms with Gasteiger partial charge in [-0.2, -0.15) is 0 Å². The smallest absolute Gasteiger partial charge is 0.242 e. The van der Waals surface area contributed by atoms with Gasteiger partial charge in [0.25, 0.3) is 0 Å². The van der Waals surface area contributed by atoms with Crippen LogP contribution in [0.2, 0.25) is 0 Å². The van der Waals surface area contributed by atoms with Crippen molar-refractivity contribution in [2.75, 3.05) is 13.1 Å². The highest BCUT2D eigenvalue weighted by molar-refractivity contribution is 5.87. The number of rotatable bonds is 11. The van der Waals surface area contributed by atoms with Crippen molar-refractivity contribution < 1.29 is 9.59 Å². The zero-order valence-corrected chi connectivity index (χ0v) is 16.6. The van der Waals surface area contributed by atoms with Gasteiger partial charge in [0.15, 0.2) is 0 Å². The van der Waals surface area contributed by atoms with Crippen LogP contribution in [0.5, 0.6) is 0 Å². The molecule has 5 nitrogen and oxygen atoms in total. The van der Waals surface area contributed by atoms with Gasteiger partial charge in [-0.3, -0.25) is 9.59 Å². The number of amides is 2. The van der Waals surface area contributed by atoms with Gasteiger partial charge in [-0.15, -0.1) is 0 Å². The van der Waals surface area contributed by atoms with E-state index in [9.17, 15) is 9.59 Å². The molecule has 150 valence electrons. The predicted octanol–water partition coefficient (Wildman–Crippen LogP) is 3.04. The first-order valence-corrected chi connectivity index (χ1v) is 10.1. The summed E-state index contributed by atoms with van der Waals surface area (Å²) in [6.45, 7) is 3.02. The molecular formula is C23H31N3O2. The summed E-state index contributed by atoms with van der Waals surface area (Å²) < 4.78 is 0. The molecule has 2 amide bonds. The van der Waals surface area contributed by atoms with E-state index in [1.165, 1.54) is 0 Å². The lowest BCUT2D eigenvalue weighted by molar-refractivity contribution is -0.128. The number of hydrogen-bond donors (Lipinski definition) is 3. The van der Waals surface area contributed by atoms with Gasteiger partial charge in [-0.05, 0) is 23.1 Å². The predicted molar refractivity (Wildman–Crippen MR) is 114 cm³/mol. The number of hydrogen-bond acceptors (Lipinski definition) is 3. The Morgan fingerprint density at radius 1 is 0.964 bits per heavy atom. The van der Waals surface area contributed by atoms with Crippen molar-refractivity contribution in [1.29, 1.82) is 0 Å². The minimum Gasteiger partial charge on any atom is -0.354 e. The van der Waals surface area contributed by atoms with Gasteiger partial charge >= 0.3 is 0 Å². The second-order valence-electron chi connectivity index (χ2n) is 6.92. The summed E-state index contributed by atoms with van der Waals surface area (Å²) in [5.41, 5.74) is 8.73. The Labute approximate surface area is 167 Å². The van der Waals surface area contributed by atoms with E-state index in [2.05, 4.69) is 29.7 Å². The van der Waals surface area contributed by atoms with Crippen molar-refractivity contribution in [3.8, 4) is 11.1 Å². The maximum atomic E-state index is 12.6. The lowest BCUT2D eigenvalue weighted by atomic mass is 10.00. The van der Waals surface area contributed by atoms with Crippen molar-refractivity contribution in [2.24, 2.45) is 5.73 Å². The first-order chi connectivity index (χ1) is 13.6. The fraction of sp³-hybridized carbons (Fsp3) is 0.391. The summed E-state index contributed by atoms with van der Waals surface area (Å²) in [4.78, 5) is 24.6. The topological polar surface area (TPSA) is 84.2 Å². The van der Waals surface area contributed by atoms with Crippen LogP contribution >= 0.6 is 0 Å². The standard InChI is InChI=1S/C23H31N3O2/c1-2-3-7-16-25-23(28)21(26-22(27)14-15-24)17-18-10-12-20(13-11-18)19-8-5-4-6-9-19/h4-6,8-13,21H,2-3,7,14-17,24H2,1H3,(H,25,28)(H,26,27)/t21-/m1/s1. The SMILES string of the molecule is CCCCCNC(=O)[C@@H](Cc1ccc(-c2ccccc2)cc1)NC(=O)CCN. The zero-order chi connectivity index (χ0) is 20.2. The third kappa shape index (κ3) is 7.16. The van der Waals surface area contributed by atoms with Crippen LogP contribution in [0.4, 0.5) is 0 Å². The van der Waals surface area contributed by atoms with E-state index in [-0.39, 0.29) is 24.8 Å². The van der Waals surface area contributed by atoms with E-state index < -0.39 is 6.04 Å². The van der Waals surface area contributed by atoms with Crippen LogP contribution in [0.1, 0.15) is 38.2 Å². The second-order valence-corrected chi connectivity index (χ2v) is 6.92. The molecule has 2 aromatic rings. The van der Waals surface area contributed by atoms with Crippen LogP contribution in [0, 0.1) is 0 Å². The highest BCUT2D eigenvalue weighted by atomic mass is 16.2. The van der Waals surface area contributed by atoms with Crippen LogP contribution in [0.15, 0.2) is 54.6 Å². The highest BCUT2D eigenvalue weighted by Crippen LogP contribution is 2.19. The monoisotopic (exact) mass is 381 g/mol. The molecule has 0 aliphatic rings. The van der Waals surface area contributed by atoms with Crippen LogP contribution in [0.25, 0.3) is 11.1 Å². The molecule has 0 bridgehead atoms. The number of nitrogens with two attached hydrogens (primary N) is 1. The van der Waals surface area contributed by atoms with E-state index in [1.54, 1.807) is 0 Å². The third-order valence-electron chi connectivity index (χ3n) is 4.60. The summed E-state index contributed by atoms with van der Waals surface area (Å²) >= 11 is 0. The number of unbranched alkanes of at least 4 members (excludes halogenated alkanes) is 2. The van der Waals surface area contributed by atoms with Crippen LogP contribution < -0.4 is 16.4 Å². The second kappa shape index (κ2) is 11.9. The zero-order valence-electron chi connectivity index (χ0n) is 16.6. The van der Waals surface area contributed by atoms with Gasteiger partial charge in [0.1, 0.15) is 6.04 Å². The molecule has 0 heterocycles. The van der Waals surface area contributed by atoms with E-state index in [1.807, 2.05) is 42.5 Å². The largest absolute Gasteiger partial charge is 0.354 e. The molecule has 28 heavy (non-hydrogen) atoms. The van der Waals surface area contributed by atoms with Crippen LogP contribution in [0.3, 0.4) is 0 Å². The van der Waals surface area contributed by atoms with Gasteiger partial charge in [-0.25, -0.2) is 0 Å². The summed E-state index contributed by atoms with van der Waals surface area (Å²) in [6.07, 6.45) is 3.78. The Kier molecular flexibility index (Phi) is 9.22. The first-order valence-electron chi connectivity index (χ1n) is 10.1. The van der Waals surface area contributed by atoms with Crippen molar-refractivity contribution >= 4 is 11.8 Å². The van der Waals surface area contributed by atoms with E-state index >= 15 is 0 Å². The molecule has 1 atom stereocenters. The molecule has 2 rings (SSSR count). The minimum atomic E-state index is -0.594. The van der Waals surface area contributed by atoms with E-state index in [0.29, 0.717) is 13.0 Å². The van der Waals surface area contributed by atoms with Gasteiger partial charge in [0.05, 0.1) is 0 Å². The number of carbonyl (C=O) groups excluding carboxylic acids is 2. The van der Waals surface area contributed by atoms with Crippen molar-refractivity contribution in [3.05, 3.63) is 60.2 Å². The molecule has 0 fully saturated rings. The number of carbonyl (C=O) groups is 2. The highest BCUT2D eigenvalue weighted by Gasteiger charge is 2.20. The fourth-order valence-corrected chi connectivity index (χ4v) is 3.02. The molecule has 4 N–H and O–H groups in total. The normalized spacial score (nSPS) is 11.6. The average Bonchev–Trinajstić information content (AvgIpc) is 2.72. The lowest BCUT2D eigenvalue weighted by Gasteiger charge is -2.19.